The van der Waals surface area contributed by atoms with Gasteiger partial charge in [0.15, 0.2) is 0 Å². The van der Waals surface area contributed by atoms with Crippen LogP contribution in [-0.4, -0.2) is 25.8 Å². The molecule has 5 nitrogen and oxygen atoms in total. The third kappa shape index (κ3) is 4.63. The molecule has 4 aromatic rings. The van der Waals surface area contributed by atoms with Crippen LogP contribution in [0, 0.1) is 17.1 Å². The normalized spacial score (nSPS) is 10.8. The second kappa shape index (κ2) is 10.4. The summed E-state index contributed by atoms with van der Waals surface area (Å²) < 4.78 is 21.9. The van der Waals surface area contributed by atoms with Crippen molar-refractivity contribution >= 4 is 34.5 Å². The standard InChI is InChI=1S/C27H24FN3O2S/c1-30-27(32)25-22-16-21(18-8-4-3-5-9-18)23(31(34-2)15-7-6-14-29)17-24(22)33-26(25)19-10-12-20(28)13-11-19/h3-5,8-13,16-17H,6-7,15H2,1-2H3,(H,30,32). The van der Waals surface area contributed by atoms with E-state index < -0.39 is 0 Å². The first-order valence-electron chi connectivity index (χ1n) is 10.9. The van der Waals surface area contributed by atoms with Crippen molar-refractivity contribution in [2.45, 2.75) is 12.8 Å². The summed E-state index contributed by atoms with van der Waals surface area (Å²) in [4.78, 5) is 13.0. The van der Waals surface area contributed by atoms with Gasteiger partial charge in [0.05, 0.1) is 17.3 Å². The highest BCUT2D eigenvalue weighted by atomic mass is 32.2. The largest absolute Gasteiger partial charge is 0.455 e. The topological polar surface area (TPSA) is 69.3 Å². The Morgan fingerprint density at radius 3 is 2.50 bits per heavy atom. The highest BCUT2D eigenvalue weighted by Gasteiger charge is 2.24. The van der Waals surface area contributed by atoms with Gasteiger partial charge in [-0.3, -0.25) is 4.79 Å². The molecule has 0 saturated carbocycles. The first kappa shape index (κ1) is 23.4. The van der Waals surface area contributed by atoms with Crippen LogP contribution in [0.5, 0.6) is 0 Å². The number of rotatable bonds is 8. The van der Waals surface area contributed by atoms with E-state index in [9.17, 15) is 9.18 Å². The van der Waals surface area contributed by atoms with Gasteiger partial charge in [0.2, 0.25) is 0 Å². The van der Waals surface area contributed by atoms with E-state index in [0.29, 0.717) is 40.8 Å². The molecule has 34 heavy (non-hydrogen) atoms. The molecule has 3 aromatic carbocycles. The van der Waals surface area contributed by atoms with Gasteiger partial charge in [-0.25, -0.2) is 4.39 Å². The summed E-state index contributed by atoms with van der Waals surface area (Å²) in [6.45, 7) is 0.688. The maximum Gasteiger partial charge on any atom is 0.255 e. The molecular formula is C27H24FN3O2S. The van der Waals surface area contributed by atoms with Gasteiger partial charge in [-0.05, 0) is 42.3 Å². The molecule has 7 heteroatoms. The van der Waals surface area contributed by atoms with Crippen molar-refractivity contribution in [1.29, 1.82) is 5.26 Å². The SMILES string of the molecule is CNC(=O)c1c(-c2ccc(F)cc2)oc2cc(N(CCCC#N)SC)c(-c3ccccc3)cc12. The number of furan rings is 1. The van der Waals surface area contributed by atoms with E-state index in [1.165, 1.54) is 12.1 Å². The van der Waals surface area contributed by atoms with Crippen molar-refractivity contribution in [3.05, 3.63) is 78.1 Å². The lowest BCUT2D eigenvalue weighted by Crippen LogP contribution is -2.18. The number of nitriles is 1. The van der Waals surface area contributed by atoms with Crippen LogP contribution in [0.4, 0.5) is 10.1 Å². The predicted molar refractivity (Wildman–Crippen MR) is 136 cm³/mol. The van der Waals surface area contributed by atoms with Gasteiger partial charge in [-0.1, -0.05) is 42.3 Å². The minimum atomic E-state index is -0.358. The minimum Gasteiger partial charge on any atom is -0.455 e. The summed E-state index contributed by atoms with van der Waals surface area (Å²) >= 11 is 1.57. The van der Waals surface area contributed by atoms with Crippen molar-refractivity contribution in [1.82, 2.24) is 5.32 Å². The Hall–Kier alpha value is -3.76. The molecule has 1 amide bonds. The van der Waals surface area contributed by atoms with Crippen molar-refractivity contribution in [2.24, 2.45) is 0 Å². The molecule has 0 spiro atoms. The second-order valence-electron chi connectivity index (χ2n) is 7.67. The first-order chi connectivity index (χ1) is 16.6. The fourth-order valence-electron chi connectivity index (χ4n) is 3.95. The van der Waals surface area contributed by atoms with E-state index in [4.69, 9.17) is 9.68 Å². The highest BCUT2D eigenvalue weighted by molar-refractivity contribution is 8.00. The number of carbonyl (C=O) groups is 1. The smallest absolute Gasteiger partial charge is 0.255 e. The van der Waals surface area contributed by atoms with Gasteiger partial charge in [-0.15, -0.1) is 0 Å². The first-order valence-corrected chi connectivity index (χ1v) is 12.1. The molecule has 0 saturated heterocycles. The number of anilines is 1. The number of carbonyl (C=O) groups excluding carboxylic acids is 1. The number of benzene rings is 3. The number of amides is 1. The molecule has 1 N–H and O–H groups in total. The molecule has 0 bridgehead atoms. The Bertz CT molecular complexity index is 1340. The third-order valence-electron chi connectivity index (χ3n) is 5.59. The van der Waals surface area contributed by atoms with Gasteiger partial charge in [-0.2, -0.15) is 5.26 Å². The van der Waals surface area contributed by atoms with Crippen molar-refractivity contribution in [3.8, 4) is 28.5 Å². The lowest BCUT2D eigenvalue weighted by Gasteiger charge is -2.24. The lowest BCUT2D eigenvalue weighted by atomic mass is 9.98. The van der Waals surface area contributed by atoms with Gasteiger partial charge in [0, 0.05) is 48.8 Å². The van der Waals surface area contributed by atoms with E-state index >= 15 is 0 Å². The average molecular weight is 474 g/mol. The Morgan fingerprint density at radius 1 is 1.12 bits per heavy atom. The van der Waals surface area contributed by atoms with Gasteiger partial charge >= 0.3 is 0 Å². The van der Waals surface area contributed by atoms with Crippen LogP contribution in [0.25, 0.3) is 33.4 Å². The number of unbranched alkanes of at least 4 members (excludes halogenated alkanes) is 1. The van der Waals surface area contributed by atoms with Crippen LogP contribution in [0.3, 0.4) is 0 Å². The molecule has 0 aliphatic carbocycles. The Balaban J connectivity index is 1.97. The molecular weight excluding hydrogens is 449 g/mol. The molecule has 1 aromatic heterocycles. The van der Waals surface area contributed by atoms with Gasteiger partial charge < -0.3 is 14.0 Å². The lowest BCUT2D eigenvalue weighted by molar-refractivity contribution is 0.0964. The van der Waals surface area contributed by atoms with Crippen LogP contribution >= 0.6 is 11.9 Å². The number of nitrogens with one attached hydrogen (secondary N) is 1. The summed E-state index contributed by atoms with van der Waals surface area (Å²) in [5, 5.41) is 12.4. The Kier molecular flexibility index (Phi) is 7.19. The number of nitrogens with zero attached hydrogens (tertiary/aromatic N) is 2. The highest BCUT2D eigenvalue weighted by Crippen LogP contribution is 2.42. The maximum atomic E-state index is 13.5. The minimum absolute atomic E-state index is 0.277. The summed E-state index contributed by atoms with van der Waals surface area (Å²) in [6, 6.07) is 22.0. The van der Waals surface area contributed by atoms with Crippen LogP contribution < -0.4 is 9.62 Å². The molecule has 1 heterocycles. The quantitative estimate of drug-likeness (QED) is 0.229. The molecule has 0 fully saturated rings. The number of halogens is 1. The van der Waals surface area contributed by atoms with E-state index in [2.05, 4.69) is 15.7 Å². The summed E-state index contributed by atoms with van der Waals surface area (Å²) in [5.41, 5.74) is 4.49. The monoisotopic (exact) mass is 473 g/mol. The molecule has 172 valence electrons. The van der Waals surface area contributed by atoms with E-state index in [0.717, 1.165) is 23.2 Å². The predicted octanol–water partition coefficient (Wildman–Crippen LogP) is 6.65. The molecule has 0 atom stereocenters. The average Bonchev–Trinajstić information content (AvgIpc) is 3.25. The summed E-state index contributed by atoms with van der Waals surface area (Å²) in [5.74, 6) is -0.241. The fourth-order valence-corrected chi connectivity index (χ4v) is 4.61. The maximum absolute atomic E-state index is 13.5. The zero-order chi connectivity index (χ0) is 24.1. The van der Waals surface area contributed by atoms with Crippen molar-refractivity contribution < 1.29 is 13.6 Å². The number of hydrogen-bond acceptors (Lipinski definition) is 5. The zero-order valence-corrected chi connectivity index (χ0v) is 19.8. The zero-order valence-electron chi connectivity index (χ0n) is 19.0. The molecule has 0 aliphatic heterocycles. The number of fused-ring (bicyclic) bond motifs is 1. The van der Waals surface area contributed by atoms with Crippen LogP contribution in [-0.2, 0) is 0 Å². The van der Waals surface area contributed by atoms with Gasteiger partial charge in [0.25, 0.3) is 5.91 Å². The summed E-state index contributed by atoms with van der Waals surface area (Å²) in [6.07, 6.45) is 3.19. The van der Waals surface area contributed by atoms with E-state index in [1.54, 1.807) is 31.1 Å². The Labute approximate surface area is 202 Å². The fraction of sp³-hybridized carbons (Fsp3) is 0.185. The van der Waals surface area contributed by atoms with Crippen LogP contribution in [0.1, 0.15) is 23.2 Å². The molecule has 0 aliphatic rings. The Morgan fingerprint density at radius 2 is 1.85 bits per heavy atom. The van der Waals surface area contributed by atoms with Crippen molar-refractivity contribution in [2.75, 3.05) is 24.2 Å². The molecule has 0 radical (unpaired) electrons. The molecule has 0 unspecified atom stereocenters. The van der Waals surface area contributed by atoms with E-state index in [1.807, 2.05) is 48.7 Å². The van der Waals surface area contributed by atoms with Crippen LogP contribution in [0.15, 0.2) is 71.1 Å². The molecule has 4 rings (SSSR count). The number of hydrogen-bond donors (Lipinski definition) is 1. The third-order valence-corrected chi connectivity index (χ3v) is 6.41. The summed E-state index contributed by atoms with van der Waals surface area (Å²) in [7, 11) is 1.58. The van der Waals surface area contributed by atoms with Crippen molar-refractivity contribution in [3.63, 3.8) is 0 Å². The van der Waals surface area contributed by atoms with E-state index in [-0.39, 0.29) is 11.7 Å². The second-order valence-corrected chi connectivity index (χ2v) is 8.48. The van der Waals surface area contributed by atoms with Gasteiger partial charge in [0.1, 0.15) is 17.2 Å². The van der Waals surface area contributed by atoms with Crippen LogP contribution in [0.2, 0.25) is 0 Å².